The van der Waals surface area contributed by atoms with Crippen molar-refractivity contribution in [1.82, 2.24) is 10.2 Å². The second-order valence-electron chi connectivity index (χ2n) is 8.11. The molecule has 1 N–H and O–H groups in total. The van der Waals surface area contributed by atoms with E-state index in [1.54, 1.807) is 7.11 Å². The number of amides is 1. The third-order valence-corrected chi connectivity index (χ3v) is 6.45. The largest absolute Gasteiger partial charge is 0.493 e. The van der Waals surface area contributed by atoms with Crippen molar-refractivity contribution >= 4 is 5.91 Å². The molecule has 3 fully saturated rings. The van der Waals surface area contributed by atoms with E-state index in [0.717, 1.165) is 57.6 Å². The Kier molecular flexibility index (Phi) is 5.07. The van der Waals surface area contributed by atoms with E-state index in [9.17, 15) is 4.79 Å². The fourth-order valence-electron chi connectivity index (χ4n) is 4.67. The molecule has 1 amide bonds. The molecule has 0 bridgehead atoms. The third kappa shape index (κ3) is 3.54. The van der Waals surface area contributed by atoms with Crippen molar-refractivity contribution in [2.24, 2.45) is 5.41 Å². The Morgan fingerprint density at radius 2 is 1.92 bits per heavy atom. The van der Waals surface area contributed by atoms with Gasteiger partial charge in [-0.1, -0.05) is 0 Å². The second-order valence-corrected chi connectivity index (χ2v) is 8.11. The number of rotatable bonds is 4. The molecule has 0 atom stereocenters. The molecular formula is C21H30N2O3. The van der Waals surface area contributed by atoms with Crippen LogP contribution in [0.4, 0.5) is 0 Å². The highest BCUT2D eigenvalue weighted by Gasteiger charge is 2.38. The quantitative estimate of drug-likeness (QED) is 0.898. The Hall–Kier alpha value is -1.75. The van der Waals surface area contributed by atoms with Crippen LogP contribution in [0.1, 0.15) is 55.3 Å². The molecule has 4 rings (SSSR count). The van der Waals surface area contributed by atoms with Crippen molar-refractivity contribution in [2.45, 2.75) is 51.0 Å². The van der Waals surface area contributed by atoms with Gasteiger partial charge in [0.1, 0.15) is 0 Å². The smallest absolute Gasteiger partial charge is 0.253 e. The predicted molar refractivity (Wildman–Crippen MR) is 101 cm³/mol. The number of nitrogens with one attached hydrogen (secondary N) is 1. The fourth-order valence-corrected chi connectivity index (χ4v) is 4.67. The van der Waals surface area contributed by atoms with Gasteiger partial charge in [-0.3, -0.25) is 4.79 Å². The van der Waals surface area contributed by atoms with Crippen molar-refractivity contribution in [2.75, 3.05) is 33.3 Å². The lowest BCUT2D eigenvalue weighted by Gasteiger charge is -2.39. The van der Waals surface area contributed by atoms with Crippen LogP contribution in [-0.4, -0.2) is 50.2 Å². The van der Waals surface area contributed by atoms with Gasteiger partial charge in [-0.2, -0.15) is 0 Å². The molecule has 1 aliphatic carbocycles. The maximum absolute atomic E-state index is 12.9. The zero-order chi connectivity index (χ0) is 18.0. The van der Waals surface area contributed by atoms with Crippen LogP contribution in [-0.2, 0) is 0 Å². The first-order valence-electron chi connectivity index (χ1n) is 10.0. The Morgan fingerprint density at radius 1 is 1.15 bits per heavy atom. The summed E-state index contributed by atoms with van der Waals surface area (Å²) in [4.78, 5) is 14.9. The second kappa shape index (κ2) is 7.47. The highest BCUT2D eigenvalue weighted by molar-refractivity contribution is 5.95. The summed E-state index contributed by atoms with van der Waals surface area (Å²) in [6.45, 7) is 3.93. The molecule has 5 nitrogen and oxygen atoms in total. The summed E-state index contributed by atoms with van der Waals surface area (Å²) in [5, 5.41) is 3.48. The zero-order valence-electron chi connectivity index (χ0n) is 15.8. The lowest BCUT2D eigenvalue weighted by Crippen LogP contribution is -2.44. The standard InChI is InChI=1S/C21H30N2O3/c1-25-19-14-16(6-7-18(19)26-17-4-2-3-5-17)20(24)23-12-9-21(10-13-23)8-11-22-15-21/h6-7,14,17,22H,2-5,8-13,15H2,1H3. The van der Waals surface area contributed by atoms with Gasteiger partial charge >= 0.3 is 0 Å². The van der Waals surface area contributed by atoms with Crippen molar-refractivity contribution in [1.29, 1.82) is 0 Å². The van der Waals surface area contributed by atoms with Gasteiger partial charge in [-0.15, -0.1) is 0 Å². The maximum atomic E-state index is 12.9. The van der Waals surface area contributed by atoms with Crippen LogP contribution in [0.25, 0.3) is 0 Å². The summed E-state index contributed by atoms with van der Waals surface area (Å²) in [5.41, 5.74) is 1.12. The van der Waals surface area contributed by atoms with Gasteiger partial charge in [0.25, 0.3) is 5.91 Å². The molecule has 0 unspecified atom stereocenters. The lowest BCUT2D eigenvalue weighted by molar-refractivity contribution is 0.0607. The SMILES string of the molecule is COc1cc(C(=O)N2CCC3(CCNC3)CC2)ccc1OC1CCCC1. The van der Waals surface area contributed by atoms with Crippen LogP contribution in [0.15, 0.2) is 18.2 Å². The Morgan fingerprint density at radius 3 is 2.58 bits per heavy atom. The van der Waals surface area contributed by atoms with Gasteiger partial charge in [-0.25, -0.2) is 0 Å². The zero-order valence-corrected chi connectivity index (χ0v) is 15.8. The molecule has 5 heteroatoms. The minimum Gasteiger partial charge on any atom is -0.493 e. The van der Waals surface area contributed by atoms with Gasteiger partial charge in [0.2, 0.25) is 0 Å². The van der Waals surface area contributed by atoms with Crippen molar-refractivity contribution in [3.63, 3.8) is 0 Å². The number of benzene rings is 1. The topological polar surface area (TPSA) is 50.8 Å². The third-order valence-electron chi connectivity index (χ3n) is 6.45. The molecule has 142 valence electrons. The maximum Gasteiger partial charge on any atom is 0.253 e. The predicted octanol–water partition coefficient (Wildman–Crippen LogP) is 3.23. The number of piperidine rings is 1. The lowest BCUT2D eigenvalue weighted by atomic mass is 9.78. The van der Waals surface area contributed by atoms with E-state index in [4.69, 9.17) is 9.47 Å². The van der Waals surface area contributed by atoms with Crippen molar-refractivity contribution < 1.29 is 14.3 Å². The molecule has 3 aliphatic rings. The number of likely N-dealkylation sites (tertiary alicyclic amines) is 1. The number of hydrogen-bond acceptors (Lipinski definition) is 4. The minimum atomic E-state index is 0.108. The molecular weight excluding hydrogens is 328 g/mol. The molecule has 0 radical (unpaired) electrons. The molecule has 1 saturated carbocycles. The van der Waals surface area contributed by atoms with E-state index in [2.05, 4.69) is 5.32 Å². The van der Waals surface area contributed by atoms with E-state index in [1.165, 1.54) is 19.3 Å². The number of nitrogens with zero attached hydrogens (tertiary/aromatic N) is 1. The average Bonchev–Trinajstić information content (AvgIpc) is 3.35. The summed E-state index contributed by atoms with van der Waals surface area (Å²) >= 11 is 0. The molecule has 1 aromatic rings. The van der Waals surface area contributed by atoms with Crippen molar-refractivity contribution in [3.05, 3.63) is 23.8 Å². The average molecular weight is 358 g/mol. The van der Waals surface area contributed by atoms with E-state index in [-0.39, 0.29) is 12.0 Å². The summed E-state index contributed by atoms with van der Waals surface area (Å²) in [6.07, 6.45) is 8.41. The van der Waals surface area contributed by atoms with E-state index < -0.39 is 0 Å². The molecule has 2 heterocycles. The van der Waals surface area contributed by atoms with E-state index in [1.807, 2.05) is 23.1 Å². The van der Waals surface area contributed by atoms with Crippen molar-refractivity contribution in [3.8, 4) is 11.5 Å². The fraction of sp³-hybridized carbons (Fsp3) is 0.667. The molecule has 0 aromatic heterocycles. The molecule has 1 aromatic carbocycles. The number of hydrogen-bond donors (Lipinski definition) is 1. The summed E-state index contributed by atoms with van der Waals surface area (Å²) in [7, 11) is 1.64. The molecule has 2 saturated heterocycles. The Balaban J connectivity index is 1.42. The molecule has 1 spiro atoms. The van der Waals surface area contributed by atoms with Gasteiger partial charge in [0.15, 0.2) is 11.5 Å². The minimum absolute atomic E-state index is 0.108. The first-order valence-corrected chi connectivity index (χ1v) is 10.0. The molecule has 26 heavy (non-hydrogen) atoms. The monoisotopic (exact) mass is 358 g/mol. The Bertz CT molecular complexity index is 639. The van der Waals surface area contributed by atoms with Crippen LogP contribution >= 0.6 is 0 Å². The van der Waals surface area contributed by atoms with Crippen LogP contribution in [0.5, 0.6) is 11.5 Å². The summed E-state index contributed by atoms with van der Waals surface area (Å²) in [5.74, 6) is 1.53. The number of carbonyl (C=O) groups is 1. The van der Waals surface area contributed by atoms with Gasteiger partial charge in [0, 0.05) is 25.2 Å². The van der Waals surface area contributed by atoms with E-state index >= 15 is 0 Å². The number of ether oxygens (including phenoxy) is 2. The normalized spacial score (nSPS) is 22.7. The van der Waals surface area contributed by atoms with Gasteiger partial charge in [-0.05, 0) is 75.1 Å². The number of carbonyl (C=O) groups excluding carboxylic acids is 1. The van der Waals surface area contributed by atoms with Crippen LogP contribution < -0.4 is 14.8 Å². The van der Waals surface area contributed by atoms with E-state index in [0.29, 0.717) is 16.7 Å². The number of methoxy groups -OCH3 is 1. The summed E-state index contributed by atoms with van der Waals surface area (Å²) < 4.78 is 11.6. The van der Waals surface area contributed by atoms with Crippen LogP contribution in [0.3, 0.4) is 0 Å². The van der Waals surface area contributed by atoms with Gasteiger partial charge in [0.05, 0.1) is 13.2 Å². The highest BCUT2D eigenvalue weighted by atomic mass is 16.5. The first kappa shape index (κ1) is 17.7. The molecule has 2 aliphatic heterocycles. The Labute approximate surface area is 156 Å². The van der Waals surface area contributed by atoms with Gasteiger partial charge < -0.3 is 19.7 Å². The van der Waals surface area contributed by atoms with Crippen LogP contribution in [0, 0.1) is 5.41 Å². The van der Waals surface area contributed by atoms with Crippen LogP contribution in [0.2, 0.25) is 0 Å². The first-order chi connectivity index (χ1) is 12.7. The highest BCUT2D eigenvalue weighted by Crippen LogP contribution is 2.38. The summed E-state index contributed by atoms with van der Waals surface area (Å²) in [6, 6.07) is 5.63.